The van der Waals surface area contributed by atoms with Gasteiger partial charge in [-0.15, -0.1) is 0 Å². The van der Waals surface area contributed by atoms with Crippen molar-refractivity contribution in [3.8, 4) is 0 Å². The first-order valence-electron chi connectivity index (χ1n) is 5.74. The third-order valence-corrected chi connectivity index (χ3v) is 2.93. The first kappa shape index (κ1) is 13.2. The van der Waals surface area contributed by atoms with Gasteiger partial charge in [0.25, 0.3) is 0 Å². The van der Waals surface area contributed by atoms with Gasteiger partial charge in [-0.2, -0.15) is 5.10 Å². The Morgan fingerprint density at radius 1 is 1.56 bits per heavy atom. The summed E-state index contributed by atoms with van der Waals surface area (Å²) in [6.07, 6.45) is 4.69. The molecule has 0 spiro atoms. The maximum Gasteiger partial charge on any atom is 0.0821 e. The second kappa shape index (κ2) is 5.46. The normalized spacial score (nSPS) is 14.1. The van der Waals surface area contributed by atoms with Crippen LogP contribution in [0.15, 0.2) is 12.4 Å². The summed E-state index contributed by atoms with van der Waals surface area (Å²) in [5.41, 5.74) is 0.704. The van der Waals surface area contributed by atoms with Gasteiger partial charge >= 0.3 is 0 Å². The predicted molar refractivity (Wildman–Crippen MR) is 63.2 cm³/mol. The van der Waals surface area contributed by atoms with Gasteiger partial charge in [-0.1, -0.05) is 0 Å². The highest BCUT2D eigenvalue weighted by Gasteiger charge is 2.19. The first-order chi connectivity index (χ1) is 7.48. The average Bonchev–Trinajstić information content (AvgIpc) is 2.74. The molecule has 0 bridgehead atoms. The number of nitrogens with zero attached hydrogens (tertiary/aromatic N) is 2. The number of ether oxygens (including phenoxy) is 1. The summed E-state index contributed by atoms with van der Waals surface area (Å²) in [6, 6.07) is 0. The molecule has 4 nitrogen and oxygen atoms in total. The summed E-state index contributed by atoms with van der Waals surface area (Å²) in [7, 11) is 1.70. The van der Waals surface area contributed by atoms with E-state index in [9.17, 15) is 5.11 Å². The van der Waals surface area contributed by atoms with Crippen molar-refractivity contribution < 1.29 is 9.84 Å². The number of hydrogen-bond acceptors (Lipinski definition) is 3. The van der Waals surface area contributed by atoms with Gasteiger partial charge in [0, 0.05) is 25.4 Å². The molecular formula is C12H22N2O2. The van der Waals surface area contributed by atoms with Crippen LogP contribution in [0, 0.1) is 0 Å². The van der Waals surface area contributed by atoms with E-state index in [0.29, 0.717) is 6.42 Å². The zero-order valence-corrected chi connectivity index (χ0v) is 10.6. The van der Waals surface area contributed by atoms with Crippen molar-refractivity contribution >= 4 is 0 Å². The third-order valence-electron chi connectivity index (χ3n) is 2.93. The molecule has 92 valence electrons. The van der Waals surface area contributed by atoms with Crippen molar-refractivity contribution in [1.29, 1.82) is 0 Å². The average molecular weight is 226 g/mol. The van der Waals surface area contributed by atoms with Gasteiger partial charge in [0.1, 0.15) is 0 Å². The molecule has 0 aliphatic carbocycles. The highest BCUT2D eigenvalue weighted by molar-refractivity contribution is 5.07. The van der Waals surface area contributed by atoms with Gasteiger partial charge in [0.15, 0.2) is 0 Å². The van der Waals surface area contributed by atoms with Gasteiger partial charge in [-0.05, 0) is 33.6 Å². The minimum Gasteiger partial charge on any atom is -0.388 e. The van der Waals surface area contributed by atoms with E-state index in [-0.39, 0.29) is 5.60 Å². The quantitative estimate of drug-likeness (QED) is 0.808. The highest BCUT2D eigenvalue weighted by atomic mass is 16.5. The Bertz CT molecular complexity index is 321. The number of aliphatic hydroxyl groups excluding tert-OH is 1. The summed E-state index contributed by atoms with van der Waals surface area (Å²) < 4.78 is 7.14. The standard InChI is InChI=1S/C12H22N2O2/c1-5-14-9-10(8-13-14)11(15)6-7-12(2,3)16-4/h8-9,11,15H,5-7H2,1-4H3. The van der Waals surface area contributed by atoms with Crippen LogP contribution < -0.4 is 0 Å². The number of rotatable bonds is 6. The molecule has 1 unspecified atom stereocenters. The van der Waals surface area contributed by atoms with Crippen molar-refractivity contribution in [3.63, 3.8) is 0 Å². The lowest BCUT2D eigenvalue weighted by Crippen LogP contribution is -2.23. The molecule has 0 fully saturated rings. The fraction of sp³-hybridized carbons (Fsp3) is 0.750. The Labute approximate surface area is 97.2 Å². The number of methoxy groups -OCH3 is 1. The van der Waals surface area contributed by atoms with Crippen LogP contribution in [-0.4, -0.2) is 27.6 Å². The zero-order chi connectivity index (χ0) is 12.2. The molecule has 16 heavy (non-hydrogen) atoms. The molecule has 1 aromatic heterocycles. The highest BCUT2D eigenvalue weighted by Crippen LogP contribution is 2.23. The zero-order valence-electron chi connectivity index (χ0n) is 10.6. The van der Waals surface area contributed by atoms with Gasteiger partial charge in [-0.25, -0.2) is 0 Å². The first-order valence-corrected chi connectivity index (χ1v) is 5.74. The van der Waals surface area contributed by atoms with E-state index in [1.54, 1.807) is 13.3 Å². The van der Waals surface area contributed by atoms with Crippen LogP contribution in [0.5, 0.6) is 0 Å². The van der Waals surface area contributed by atoms with Crippen molar-refractivity contribution in [2.75, 3.05) is 7.11 Å². The van der Waals surface area contributed by atoms with Gasteiger partial charge in [-0.3, -0.25) is 4.68 Å². The lowest BCUT2D eigenvalue weighted by molar-refractivity contribution is 0.00278. The van der Waals surface area contributed by atoms with Crippen LogP contribution in [-0.2, 0) is 11.3 Å². The maximum atomic E-state index is 9.98. The third kappa shape index (κ3) is 3.61. The largest absolute Gasteiger partial charge is 0.388 e. The summed E-state index contributed by atoms with van der Waals surface area (Å²) in [5.74, 6) is 0. The molecule has 1 aromatic rings. The van der Waals surface area contributed by atoms with Crippen LogP contribution >= 0.6 is 0 Å². The molecule has 0 aliphatic heterocycles. The van der Waals surface area contributed by atoms with E-state index >= 15 is 0 Å². The van der Waals surface area contributed by atoms with Crippen molar-refractivity contribution in [2.45, 2.75) is 51.9 Å². The van der Waals surface area contributed by atoms with E-state index in [1.807, 2.05) is 31.6 Å². The molecule has 4 heteroatoms. The molecule has 0 aliphatic rings. The Kier molecular flexibility index (Phi) is 4.50. The van der Waals surface area contributed by atoms with Gasteiger partial charge in [0.05, 0.1) is 17.9 Å². The molecule has 0 saturated carbocycles. The van der Waals surface area contributed by atoms with Crippen LogP contribution in [0.2, 0.25) is 0 Å². The molecular weight excluding hydrogens is 204 g/mol. The van der Waals surface area contributed by atoms with Crippen LogP contribution in [0.1, 0.15) is 45.3 Å². The van der Waals surface area contributed by atoms with Gasteiger partial charge in [0.2, 0.25) is 0 Å². The van der Waals surface area contributed by atoms with E-state index in [2.05, 4.69) is 5.10 Å². The molecule has 1 N–H and O–H groups in total. The lowest BCUT2D eigenvalue weighted by Gasteiger charge is -2.23. The molecule has 1 atom stereocenters. The van der Waals surface area contributed by atoms with Crippen LogP contribution in [0.4, 0.5) is 0 Å². The Balaban J connectivity index is 2.49. The minimum absolute atomic E-state index is 0.179. The van der Waals surface area contributed by atoms with Crippen LogP contribution in [0.25, 0.3) is 0 Å². The van der Waals surface area contributed by atoms with Crippen LogP contribution in [0.3, 0.4) is 0 Å². The molecule has 0 amide bonds. The number of hydrogen-bond donors (Lipinski definition) is 1. The topological polar surface area (TPSA) is 47.3 Å². The summed E-state index contributed by atoms with van der Waals surface area (Å²) in [6.45, 7) is 6.90. The lowest BCUT2D eigenvalue weighted by atomic mass is 9.98. The second-order valence-corrected chi connectivity index (χ2v) is 4.65. The molecule has 0 radical (unpaired) electrons. The van der Waals surface area contributed by atoms with Crippen molar-refractivity contribution in [2.24, 2.45) is 0 Å². The summed E-state index contributed by atoms with van der Waals surface area (Å²) in [5, 5.41) is 14.1. The second-order valence-electron chi connectivity index (χ2n) is 4.65. The van der Waals surface area contributed by atoms with Crippen molar-refractivity contribution in [3.05, 3.63) is 18.0 Å². The number of aryl methyl sites for hydroxylation is 1. The Morgan fingerprint density at radius 2 is 2.25 bits per heavy atom. The minimum atomic E-state index is -0.449. The fourth-order valence-electron chi connectivity index (χ4n) is 1.48. The van der Waals surface area contributed by atoms with Gasteiger partial charge < -0.3 is 9.84 Å². The molecule has 0 saturated heterocycles. The SMILES string of the molecule is CCn1cc(C(O)CCC(C)(C)OC)cn1. The molecule has 0 aromatic carbocycles. The fourth-order valence-corrected chi connectivity index (χ4v) is 1.48. The van der Waals surface area contributed by atoms with E-state index < -0.39 is 6.10 Å². The summed E-state index contributed by atoms with van der Waals surface area (Å²) >= 11 is 0. The predicted octanol–water partition coefficient (Wildman–Crippen LogP) is 2.14. The molecule has 1 rings (SSSR count). The number of aliphatic hydroxyl groups is 1. The summed E-state index contributed by atoms with van der Waals surface area (Å²) in [4.78, 5) is 0. The Hall–Kier alpha value is -0.870. The van der Waals surface area contributed by atoms with Crippen molar-refractivity contribution in [1.82, 2.24) is 9.78 Å². The van der Waals surface area contributed by atoms with E-state index in [1.165, 1.54) is 0 Å². The molecule has 1 heterocycles. The smallest absolute Gasteiger partial charge is 0.0821 e. The maximum absolute atomic E-state index is 9.98. The number of aromatic nitrogens is 2. The Morgan fingerprint density at radius 3 is 2.75 bits per heavy atom. The van der Waals surface area contributed by atoms with E-state index in [4.69, 9.17) is 4.74 Å². The monoisotopic (exact) mass is 226 g/mol. The van der Waals surface area contributed by atoms with E-state index in [0.717, 1.165) is 18.5 Å².